The van der Waals surface area contributed by atoms with E-state index in [4.69, 9.17) is 24.2 Å². The summed E-state index contributed by atoms with van der Waals surface area (Å²) in [6, 6.07) is 24.1. The summed E-state index contributed by atoms with van der Waals surface area (Å²) in [4.78, 5) is 60.3. The molecule has 10 nitrogen and oxygen atoms in total. The predicted octanol–water partition coefficient (Wildman–Crippen LogP) is 6.09. The summed E-state index contributed by atoms with van der Waals surface area (Å²) in [6.07, 6.45) is 0. The summed E-state index contributed by atoms with van der Waals surface area (Å²) in [6.45, 7) is 2.71. The Morgan fingerprint density at radius 2 is 1.39 bits per heavy atom. The number of benzene rings is 3. The quantitative estimate of drug-likeness (QED) is 0.156. The third-order valence-corrected chi connectivity index (χ3v) is 7.77. The van der Waals surface area contributed by atoms with Gasteiger partial charge in [0.05, 0.1) is 47.3 Å². The van der Waals surface area contributed by atoms with Gasteiger partial charge in [-0.25, -0.2) is 24.4 Å². The van der Waals surface area contributed by atoms with Gasteiger partial charge in [0.2, 0.25) is 0 Å². The molecule has 0 saturated heterocycles. The molecular formula is C33H27N3O7S. The van der Waals surface area contributed by atoms with Crippen molar-refractivity contribution in [3.8, 4) is 22.5 Å². The van der Waals surface area contributed by atoms with Crippen LogP contribution in [0, 0.1) is 6.92 Å². The lowest BCUT2D eigenvalue weighted by atomic mass is 10.0. The highest BCUT2D eigenvalue weighted by molar-refractivity contribution is 7.18. The number of carbonyl (C=O) groups excluding carboxylic acids is 4. The first-order valence-electron chi connectivity index (χ1n) is 13.6. The largest absolute Gasteiger partial charge is 0.465 e. The molecule has 5 aromatic rings. The molecule has 2 aromatic heterocycles. The molecule has 0 bridgehead atoms. The molecule has 0 radical (unpaired) electrons. The van der Waals surface area contributed by atoms with E-state index < -0.39 is 30.4 Å². The first-order chi connectivity index (χ1) is 21.3. The summed E-state index contributed by atoms with van der Waals surface area (Å²) in [7, 11) is 1.19. The zero-order chi connectivity index (χ0) is 31.2. The number of amides is 1. The minimum atomic E-state index is -0.750. The molecule has 0 aliphatic carbocycles. The van der Waals surface area contributed by atoms with Crippen LogP contribution < -0.4 is 5.32 Å². The van der Waals surface area contributed by atoms with Crippen LogP contribution in [0.4, 0.5) is 5.00 Å². The van der Waals surface area contributed by atoms with Gasteiger partial charge < -0.3 is 19.5 Å². The highest BCUT2D eigenvalue weighted by atomic mass is 32.1. The molecule has 5 rings (SSSR count). The molecule has 0 aliphatic rings. The zero-order valence-electron chi connectivity index (χ0n) is 24.1. The van der Waals surface area contributed by atoms with Gasteiger partial charge in [0.25, 0.3) is 5.91 Å². The zero-order valence-corrected chi connectivity index (χ0v) is 24.9. The number of ether oxygens (including phenoxy) is 3. The fraction of sp³-hybridized carbons (Fsp3) is 0.152. The summed E-state index contributed by atoms with van der Waals surface area (Å²) < 4.78 is 15.1. The minimum Gasteiger partial charge on any atom is -0.465 e. The topological polar surface area (TPSA) is 134 Å². The number of anilines is 1. The third-order valence-electron chi connectivity index (χ3n) is 6.58. The van der Waals surface area contributed by atoms with Crippen LogP contribution in [0.25, 0.3) is 33.5 Å². The molecule has 0 fully saturated rings. The van der Waals surface area contributed by atoms with Crippen LogP contribution in [0.15, 0.2) is 78.9 Å². The maximum absolute atomic E-state index is 12.9. The molecule has 3 aromatic carbocycles. The number of rotatable bonds is 9. The molecule has 222 valence electrons. The van der Waals surface area contributed by atoms with Gasteiger partial charge in [0.15, 0.2) is 6.61 Å². The van der Waals surface area contributed by atoms with Crippen LogP contribution in [-0.2, 0) is 19.0 Å². The molecule has 0 unspecified atom stereocenters. The second kappa shape index (κ2) is 13.3. The monoisotopic (exact) mass is 609 g/mol. The standard InChI is InChI=1S/C33H27N3O7S/c1-4-42-33(40)29-19(2)26(32(39)41-3)30(44-29)36-25(37)18-43-31(38)22-15-16-23-24(17-22)35-28(21-13-9-6-10-14-21)27(34-23)20-11-7-5-8-12-20/h5-17H,4,18H2,1-3H3,(H,36,37). The van der Waals surface area contributed by atoms with E-state index in [9.17, 15) is 19.2 Å². The van der Waals surface area contributed by atoms with Crippen molar-refractivity contribution in [1.29, 1.82) is 0 Å². The number of thiophene rings is 1. The first-order valence-corrected chi connectivity index (χ1v) is 14.4. The second-order valence-corrected chi connectivity index (χ2v) is 10.5. The Morgan fingerprint density at radius 3 is 1.98 bits per heavy atom. The summed E-state index contributed by atoms with van der Waals surface area (Å²) in [5.41, 5.74) is 4.71. The Morgan fingerprint density at radius 1 is 0.773 bits per heavy atom. The van der Waals surface area contributed by atoms with E-state index >= 15 is 0 Å². The van der Waals surface area contributed by atoms with Crippen molar-refractivity contribution in [3.63, 3.8) is 0 Å². The van der Waals surface area contributed by atoms with Gasteiger partial charge in [0.1, 0.15) is 9.88 Å². The van der Waals surface area contributed by atoms with Crippen LogP contribution in [0.2, 0.25) is 0 Å². The molecule has 11 heteroatoms. The van der Waals surface area contributed by atoms with Crippen molar-refractivity contribution in [2.24, 2.45) is 0 Å². The Hall–Kier alpha value is -5.42. The lowest BCUT2D eigenvalue weighted by Gasteiger charge is -2.11. The highest BCUT2D eigenvalue weighted by Crippen LogP contribution is 2.34. The molecular weight excluding hydrogens is 582 g/mol. The average molecular weight is 610 g/mol. The number of esters is 3. The average Bonchev–Trinajstić information content (AvgIpc) is 3.38. The molecule has 1 N–H and O–H groups in total. The van der Waals surface area contributed by atoms with E-state index in [0.29, 0.717) is 28.0 Å². The van der Waals surface area contributed by atoms with Crippen molar-refractivity contribution >= 4 is 51.2 Å². The summed E-state index contributed by atoms with van der Waals surface area (Å²) >= 11 is 0.874. The molecule has 0 saturated carbocycles. The third kappa shape index (κ3) is 6.32. The van der Waals surface area contributed by atoms with Gasteiger partial charge in [-0.05, 0) is 37.6 Å². The van der Waals surface area contributed by atoms with Crippen molar-refractivity contribution < 1.29 is 33.4 Å². The fourth-order valence-corrected chi connectivity index (χ4v) is 5.60. The Kier molecular flexibility index (Phi) is 9.06. The van der Waals surface area contributed by atoms with Gasteiger partial charge in [-0.15, -0.1) is 11.3 Å². The molecule has 1 amide bonds. The van der Waals surface area contributed by atoms with E-state index in [0.717, 1.165) is 22.5 Å². The van der Waals surface area contributed by atoms with Crippen molar-refractivity contribution in [3.05, 3.63) is 100 Å². The van der Waals surface area contributed by atoms with E-state index in [2.05, 4.69) is 5.32 Å². The number of carbonyl (C=O) groups is 4. The Balaban J connectivity index is 1.36. The normalized spacial score (nSPS) is 10.7. The number of nitrogens with one attached hydrogen (secondary N) is 1. The van der Waals surface area contributed by atoms with Gasteiger partial charge >= 0.3 is 17.9 Å². The van der Waals surface area contributed by atoms with E-state index in [-0.39, 0.29) is 27.6 Å². The summed E-state index contributed by atoms with van der Waals surface area (Å²) in [5.74, 6) is -2.82. The lowest BCUT2D eigenvalue weighted by Crippen LogP contribution is -2.21. The molecule has 0 atom stereocenters. The van der Waals surface area contributed by atoms with Crippen molar-refractivity contribution in [2.75, 3.05) is 25.6 Å². The molecule has 2 heterocycles. The van der Waals surface area contributed by atoms with E-state index in [1.54, 1.807) is 32.0 Å². The van der Waals surface area contributed by atoms with Crippen LogP contribution in [0.3, 0.4) is 0 Å². The maximum Gasteiger partial charge on any atom is 0.348 e. The number of fused-ring (bicyclic) bond motifs is 1. The van der Waals surface area contributed by atoms with E-state index in [1.165, 1.54) is 7.11 Å². The van der Waals surface area contributed by atoms with Gasteiger partial charge in [-0.3, -0.25) is 4.79 Å². The fourth-order valence-electron chi connectivity index (χ4n) is 4.49. The predicted molar refractivity (Wildman–Crippen MR) is 166 cm³/mol. The van der Waals surface area contributed by atoms with Crippen LogP contribution >= 0.6 is 11.3 Å². The number of methoxy groups -OCH3 is 1. The molecule has 44 heavy (non-hydrogen) atoms. The second-order valence-electron chi connectivity index (χ2n) is 9.45. The van der Waals surface area contributed by atoms with Crippen LogP contribution in [-0.4, -0.2) is 54.1 Å². The smallest absolute Gasteiger partial charge is 0.348 e. The summed E-state index contributed by atoms with van der Waals surface area (Å²) in [5, 5.41) is 2.62. The van der Waals surface area contributed by atoms with Crippen LogP contribution in [0.1, 0.15) is 42.9 Å². The lowest BCUT2D eigenvalue weighted by molar-refractivity contribution is -0.119. The SMILES string of the molecule is CCOC(=O)c1sc(NC(=O)COC(=O)c2ccc3nc(-c4ccccc4)c(-c4ccccc4)nc3c2)c(C(=O)OC)c1C. The number of hydrogen-bond donors (Lipinski definition) is 1. The maximum atomic E-state index is 12.9. The van der Waals surface area contributed by atoms with E-state index in [1.807, 2.05) is 60.7 Å². The first kappa shape index (κ1) is 30.1. The molecule has 0 aliphatic heterocycles. The molecule has 0 spiro atoms. The minimum absolute atomic E-state index is 0.0254. The Bertz CT molecular complexity index is 1870. The van der Waals surface area contributed by atoms with Crippen molar-refractivity contribution in [2.45, 2.75) is 13.8 Å². The van der Waals surface area contributed by atoms with Crippen LogP contribution in [0.5, 0.6) is 0 Å². The van der Waals surface area contributed by atoms with Gasteiger partial charge in [0, 0.05) is 11.1 Å². The van der Waals surface area contributed by atoms with Gasteiger partial charge in [-0.2, -0.15) is 0 Å². The Labute approximate surface area is 256 Å². The highest BCUT2D eigenvalue weighted by Gasteiger charge is 2.27. The number of nitrogens with zero attached hydrogens (tertiary/aromatic N) is 2. The van der Waals surface area contributed by atoms with Crippen molar-refractivity contribution in [1.82, 2.24) is 9.97 Å². The number of hydrogen-bond acceptors (Lipinski definition) is 10. The number of aromatic nitrogens is 2. The van der Waals surface area contributed by atoms with Gasteiger partial charge in [-0.1, -0.05) is 60.7 Å².